The number of hydrogen-bond donors (Lipinski definition) is 2. The van der Waals surface area contributed by atoms with E-state index in [0.717, 1.165) is 4.90 Å². The topological polar surface area (TPSA) is 99.6 Å². The lowest BCUT2D eigenvalue weighted by molar-refractivity contribution is -0.137. The van der Waals surface area contributed by atoms with E-state index in [9.17, 15) is 14.4 Å². The molecule has 7 heteroatoms. The van der Waals surface area contributed by atoms with Gasteiger partial charge in [0.1, 0.15) is 0 Å². The van der Waals surface area contributed by atoms with E-state index in [1.807, 2.05) is 0 Å². The van der Waals surface area contributed by atoms with Crippen molar-refractivity contribution >= 4 is 17.9 Å². The van der Waals surface area contributed by atoms with Crippen molar-refractivity contribution < 1.29 is 19.5 Å². The Bertz CT molecular complexity index is 561. The summed E-state index contributed by atoms with van der Waals surface area (Å²) in [5, 5.41) is 11.2. The van der Waals surface area contributed by atoms with Crippen LogP contribution in [0.4, 0.5) is 4.79 Å². The van der Waals surface area contributed by atoms with Crippen molar-refractivity contribution in [1.29, 1.82) is 0 Å². The number of nitrogens with one attached hydrogen (secondary N) is 1. The molecule has 2 rings (SSSR count). The Morgan fingerprint density at radius 1 is 1.38 bits per heavy atom. The Morgan fingerprint density at radius 2 is 2.14 bits per heavy atom. The first kappa shape index (κ1) is 15.0. The maximum atomic E-state index is 12.5. The molecule has 0 bridgehead atoms. The molecule has 7 nitrogen and oxygen atoms in total. The summed E-state index contributed by atoms with van der Waals surface area (Å²) in [6, 6.07) is 4.70. The lowest BCUT2D eigenvalue weighted by Crippen LogP contribution is -2.41. The monoisotopic (exact) mass is 291 g/mol. The van der Waals surface area contributed by atoms with Crippen LogP contribution in [-0.4, -0.2) is 39.4 Å². The fraction of sp³-hybridized carbons (Fsp3) is 0.429. The normalized spacial score (nSPS) is 21.5. The minimum Gasteiger partial charge on any atom is -0.481 e. The molecule has 1 aliphatic rings. The number of carbonyl (C=O) groups is 3. The Labute approximate surface area is 122 Å². The van der Waals surface area contributed by atoms with E-state index >= 15 is 0 Å². The number of unbranched alkanes of at least 4 members (excludes halogenated alkanes) is 1. The van der Waals surface area contributed by atoms with Crippen LogP contribution in [-0.2, 0) is 15.1 Å². The van der Waals surface area contributed by atoms with Crippen molar-refractivity contribution in [3.63, 3.8) is 0 Å². The summed E-state index contributed by atoms with van der Waals surface area (Å²) < 4.78 is 0. The van der Waals surface area contributed by atoms with Gasteiger partial charge in [-0.2, -0.15) is 0 Å². The zero-order valence-electron chi connectivity index (χ0n) is 11.7. The van der Waals surface area contributed by atoms with Crippen LogP contribution < -0.4 is 5.32 Å². The van der Waals surface area contributed by atoms with Crippen LogP contribution in [0.5, 0.6) is 0 Å². The lowest BCUT2D eigenvalue weighted by Gasteiger charge is -2.20. The molecule has 1 unspecified atom stereocenters. The number of nitrogens with zero attached hydrogens (tertiary/aromatic N) is 2. The molecule has 3 amide bonds. The second-order valence-corrected chi connectivity index (χ2v) is 5.08. The molecule has 1 aromatic rings. The second kappa shape index (κ2) is 5.90. The average Bonchev–Trinajstić information content (AvgIpc) is 2.68. The van der Waals surface area contributed by atoms with Crippen LogP contribution in [0.3, 0.4) is 0 Å². The standard InChI is InChI=1S/C14H17N3O4/c1-14(10-6-2-4-8-15-10)12(20)17(13(21)16-14)9-5-3-7-11(18)19/h2,4,6,8H,3,5,7,9H2,1H3,(H,16,21)(H,18,19). The predicted molar refractivity (Wildman–Crippen MR) is 73.3 cm³/mol. The van der Waals surface area contributed by atoms with Crippen molar-refractivity contribution in [1.82, 2.24) is 15.2 Å². The van der Waals surface area contributed by atoms with Gasteiger partial charge < -0.3 is 10.4 Å². The fourth-order valence-corrected chi connectivity index (χ4v) is 2.28. The number of urea groups is 1. The van der Waals surface area contributed by atoms with Crippen LogP contribution in [0.1, 0.15) is 31.9 Å². The number of imide groups is 1. The Kier molecular flexibility index (Phi) is 4.21. The number of aliphatic carboxylic acids is 1. The van der Waals surface area contributed by atoms with Gasteiger partial charge >= 0.3 is 12.0 Å². The van der Waals surface area contributed by atoms with E-state index in [1.54, 1.807) is 31.3 Å². The van der Waals surface area contributed by atoms with E-state index in [1.165, 1.54) is 0 Å². The van der Waals surface area contributed by atoms with Crippen molar-refractivity contribution in [2.75, 3.05) is 6.54 Å². The SMILES string of the molecule is CC1(c2ccccn2)NC(=O)N(CCCCC(=O)O)C1=O. The van der Waals surface area contributed by atoms with E-state index < -0.39 is 17.5 Å². The van der Waals surface area contributed by atoms with E-state index in [2.05, 4.69) is 10.3 Å². The third-order valence-electron chi connectivity index (χ3n) is 3.47. The van der Waals surface area contributed by atoms with Gasteiger partial charge in [-0.15, -0.1) is 0 Å². The number of rotatable bonds is 6. The summed E-state index contributed by atoms with van der Waals surface area (Å²) in [4.78, 5) is 40.1. The maximum absolute atomic E-state index is 12.5. The maximum Gasteiger partial charge on any atom is 0.325 e. The Balaban J connectivity index is 2.04. The Hall–Kier alpha value is -2.44. The second-order valence-electron chi connectivity index (χ2n) is 5.08. The number of amides is 3. The van der Waals surface area contributed by atoms with Gasteiger partial charge in [0.05, 0.1) is 5.69 Å². The molecule has 0 saturated carbocycles. The summed E-state index contributed by atoms with van der Waals surface area (Å²) in [6.07, 6.45) is 2.48. The highest BCUT2D eigenvalue weighted by Crippen LogP contribution is 2.27. The summed E-state index contributed by atoms with van der Waals surface area (Å²) in [6.45, 7) is 1.83. The van der Waals surface area contributed by atoms with Crippen LogP contribution in [0.15, 0.2) is 24.4 Å². The minimum atomic E-state index is -1.16. The van der Waals surface area contributed by atoms with Gasteiger partial charge in [-0.1, -0.05) is 6.07 Å². The molecule has 21 heavy (non-hydrogen) atoms. The molecular formula is C14H17N3O4. The number of carboxylic acid groups (broad SMARTS) is 1. The van der Waals surface area contributed by atoms with Gasteiger partial charge in [0, 0.05) is 19.2 Å². The van der Waals surface area contributed by atoms with Gasteiger partial charge in [0.2, 0.25) is 0 Å². The van der Waals surface area contributed by atoms with E-state index in [0.29, 0.717) is 18.5 Å². The molecule has 2 N–H and O–H groups in total. The minimum absolute atomic E-state index is 0.0289. The fourth-order valence-electron chi connectivity index (χ4n) is 2.28. The molecular weight excluding hydrogens is 274 g/mol. The number of pyridine rings is 1. The molecule has 2 heterocycles. The third-order valence-corrected chi connectivity index (χ3v) is 3.47. The molecule has 0 aliphatic carbocycles. The molecule has 0 aromatic carbocycles. The highest BCUT2D eigenvalue weighted by molar-refractivity contribution is 6.06. The summed E-state index contributed by atoms with van der Waals surface area (Å²) in [7, 11) is 0. The molecule has 0 spiro atoms. The first-order chi connectivity index (χ1) is 9.95. The summed E-state index contributed by atoms with van der Waals surface area (Å²) in [5.41, 5.74) is -0.679. The van der Waals surface area contributed by atoms with Gasteiger partial charge in [-0.05, 0) is 31.9 Å². The largest absolute Gasteiger partial charge is 0.481 e. The molecule has 1 aliphatic heterocycles. The lowest BCUT2D eigenvalue weighted by atomic mass is 9.97. The molecule has 1 fully saturated rings. The highest BCUT2D eigenvalue weighted by atomic mass is 16.4. The van der Waals surface area contributed by atoms with Crippen molar-refractivity contribution in [3.05, 3.63) is 30.1 Å². The first-order valence-electron chi connectivity index (χ1n) is 6.72. The number of carbonyl (C=O) groups excluding carboxylic acids is 2. The van der Waals surface area contributed by atoms with Crippen LogP contribution in [0.2, 0.25) is 0 Å². The Morgan fingerprint density at radius 3 is 2.76 bits per heavy atom. The average molecular weight is 291 g/mol. The third kappa shape index (κ3) is 3.01. The van der Waals surface area contributed by atoms with Gasteiger partial charge in [0.25, 0.3) is 5.91 Å². The smallest absolute Gasteiger partial charge is 0.325 e. The van der Waals surface area contributed by atoms with E-state index in [-0.39, 0.29) is 18.9 Å². The molecule has 112 valence electrons. The highest BCUT2D eigenvalue weighted by Gasteiger charge is 2.49. The van der Waals surface area contributed by atoms with Crippen molar-refractivity contribution in [3.8, 4) is 0 Å². The first-order valence-corrected chi connectivity index (χ1v) is 6.72. The van der Waals surface area contributed by atoms with E-state index in [4.69, 9.17) is 5.11 Å². The summed E-state index contributed by atoms with van der Waals surface area (Å²) in [5.74, 6) is -1.24. The number of hydrogen-bond acceptors (Lipinski definition) is 4. The van der Waals surface area contributed by atoms with Crippen LogP contribution >= 0.6 is 0 Å². The van der Waals surface area contributed by atoms with Gasteiger partial charge in [-0.3, -0.25) is 19.5 Å². The van der Waals surface area contributed by atoms with Gasteiger partial charge in [-0.25, -0.2) is 4.79 Å². The number of aromatic nitrogens is 1. The van der Waals surface area contributed by atoms with Crippen molar-refractivity contribution in [2.24, 2.45) is 0 Å². The van der Waals surface area contributed by atoms with Crippen LogP contribution in [0, 0.1) is 0 Å². The molecule has 1 aromatic heterocycles. The zero-order chi connectivity index (χ0) is 15.5. The van der Waals surface area contributed by atoms with Crippen LogP contribution in [0.25, 0.3) is 0 Å². The summed E-state index contributed by atoms with van der Waals surface area (Å²) >= 11 is 0. The number of carboxylic acids is 1. The zero-order valence-corrected chi connectivity index (χ0v) is 11.7. The quantitative estimate of drug-likeness (QED) is 0.604. The predicted octanol–water partition coefficient (Wildman–Crippen LogP) is 1.10. The molecule has 0 radical (unpaired) electrons. The molecule has 1 saturated heterocycles. The van der Waals surface area contributed by atoms with Crippen molar-refractivity contribution in [2.45, 2.75) is 31.7 Å². The molecule has 1 atom stereocenters. The van der Waals surface area contributed by atoms with Gasteiger partial charge in [0.15, 0.2) is 5.54 Å².